The van der Waals surface area contributed by atoms with Crippen LogP contribution in [0.25, 0.3) is 0 Å². The Morgan fingerprint density at radius 1 is 1.03 bits per heavy atom. The van der Waals surface area contributed by atoms with Gasteiger partial charge in [-0.25, -0.2) is 13.1 Å². The van der Waals surface area contributed by atoms with E-state index in [0.29, 0.717) is 36.7 Å². The summed E-state index contributed by atoms with van der Waals surface area (Å²) in [6.07, 6.45) is 2.72. The maximum absolute atomic E-state index is 12.9. The number of benzene rings is 1. The van der Waals surface area contributed by atoms with E-state index in [1.807, 2.05) is 4.90 Å². The zero-order chi connectivity index (χ0) is 21.2. The number of nitrogens with zero attached hydrogens (tertiary/aromatic N) is 2. The van der Waals surface area contributed by atoms with Gasteiger partial charge in [-0.2, -0.15) is 0 Å². The largest absolute Gasteiger partial charge is 0.340 e. The fraction of sp³-hybridized carbons (Fsp3) is 0.650. The van der Waals surface area contributed by atoms with Crippen molar-refractivity contribution in [1.29, 1.82) is 0 Å². The lowest BCUT2D eigenvalue weighted by Crippen LogP contribution is -2.52. The molecule has 1 saturated carbocycles. The molecule has 1 amide bonds. The second-order valence-corrected chi connectivity index (χ2v) is 10.7. The van der Waals surface area contributed by atoms with Crippen LogP contribution in [0.15, 0.2) is 23.1 Å². The Hall–Kier alpha value is -0.860. The van der Waals surface area contributed by atoms with Crippen LogP contribution < -0.4 is 4.72 Å². The summed E-state index contributed by atoms with van der Waals surface area (Å²) in [4.78, 5) is 17.3. The van der Waals surface area contributed by atoms with Gasteiger partial charge < -0.3 is 4.90 Å². The predicted molar refractivity (Wildman–Crippen MR) is 116 cm³/mol. The van der Waals surface area contributed by atoms with Crippen LogP contribution in [0.1, 0.15) is 39.5 Å². The van der Waals surface area contributed by atoms with Crippen LogP contribution in [0.4, 0.5) is 0 Å². The fourth-order valence-electron chi connectivity index (χ4n) is 4.11. The van der Waals surface area contributed by atoms with Gasteiger partial charge in [0.05, 0.1) is 14.9 Å². The van der Waals surface area contributed by atoms with E-state index in [1.54, 1.807) is 0 Å². The number of carbonyl (C=O) groups excluding carboxylic acids is 1. The number of piperazine rings is 1. The first-order valence-electron chi connectivity index (χ1n) is 10.2. The van der Waals surface area contributed by atoms with Gasteiger partial charge in [-0.05, 0) is 57.7 Å². The van der Waals surface area contributed by atoms with E-state index >= 15 is 0 Å². The highest BCUT2D eigenvalue weighted by molar-refractivity contribution is 7.89. The van der Waals surface area contributed by atoms with Gasteiger partial charge >= 0.3 is 0 Å². The molecule has 1 aliphatic carbocycles. The Bertz CT molecular complexity index is 831. The lowest BCUT2D eigenvalue weighted by molar-refractivity contribution is -0.138. The van der Waals surface area contributed by atoms with Gasteiger partial charge in [-0.15, -0.1) is 0 Å². The van der Waals surface area contributed by atoms with Crippen LogP contribution in [-0.4, -0.2) is 62.4 Å². The molecule has 2 fully saturated rings. The Morgan fingerprint density at radius 3 is 2.21 bits per heavy atom. The number of sulfonamides is 1. The molecule has 1 aliphatic heterocycles. The molecular formula is C20H29Cl2N3O3S. The summed E-state index contributed by atoms with van der Waals surface area (Å²) >= 11 is 11.8. The van der Waals surface area contributed by atoms with E-state index in [2.05, 4.69) is 23.5 Å². The van der Waals surface area contributed by atoms with Crippen molar-refractivity contribution < 1.29 is 13.2 Å². The standard InChI is InChI=1S/C20H29Cl2N3O3S/c1-14(2)24-9-11-25(12-10-24)20(26)15-3-5-16(6-4-15)23-29(27,28)17-7-8-18(21)19(22)13-17/h7-8,13-16,23H,3-6,9-12H2,1-2H3/t15-,16+. The Labute approximate surface area is 183 Å². The average Bonchev–Trinajstić information content (AvgIpc) is 2.70. The monoisotopic (exact) mass is 461 g/mol. The average molecular weight is 462 g/mol. The molecule has 3 rings (SSSR count). The first kappa shape index (κ1) is 22.8. The molecule has 0 spiro atoms. The topological polar surface area (TPSA) is 69.7 Å². The number of halogens is 2. The molecule has 1 N–H and O–H groups in total. The minimum Gasteiger partial charge on any atom is -0.340 e. The molecule has 0 aromatic heterocycles. The van der Waals surface area contributed by atoms with Crippen LogP contribution in [0.3, 0.4) is 0 Å². The molecule has 6 nitrogen and oxygen atoms in total. The summed E-state index contributed by atoms with van der Waals surface area (Å²) in [5.41, 5.74) is 0. The van der Waals surface area contributed by atoms with Crippen molar-refractivity contribution in [1.82, 2.24) is 14.5 Å². The molecule has 2 aliphatic rings. The quantitative estimate of drug-likeness (QED) is 0.729. The predicted octanol–water partition coefficient (Wildman–Crippen LogP) is 3.38. The first-order chi connectivity index (χ1) is 13.7. The highest BCUT2D eigenvalue weighted by atomic mass is 35.5. The summed E-state index contributed by atoms with van der Waals surface area (Å²) < 4.78 is 28.0. The molecule has 162 valence electrons. The maximum Gasteiger partial charge on any atom is 0.240 e. The second-order valence-electron chi connectivity index (χ2n) is 8.20. The van der Waals surface area contributed by atoms with Crippen molar-refractivity contribution in [3.05, 3.63) is 28.2 Å². The molecule has 9 heteroatoms. The highest BCUT2D eigenvalue weighted by Crippen LogP contribution is 2.29. The van der Waals surface area contributed by atoms with E-state index in [-0.39, 0.29) is 27.8 Å². The molecule has 0 unspecified atom stereocenters. The van der Waals surface area contributed by atoms with Crippen LogP contribution in [0.2, 0.25) is 10.0 Å². The maximum atomic E-state index is 12.9. The third-order valence-corrected chi connectivity index (χ3v) is 8.21. The van der Waals surface area contributed by atoms with Crippen LogP contribution in [0, 0.1) is 5.92 Å². The zero-order valence-corrected chi connectivity index (χ0v) is 19.2. The van der Waals surface area contributed by atoms with Crippen molar-refractivity contribution in [3.63, 3.8) is 0 Å². The van der Waals surface area contributed by atoms with Gasteiger partial charge in [-0.1, -0.05) is 23.2 Å². The SMILES string of the molecule is CC(C)N1CCN(C(=O)[C@H]2CC[C@@H](NS(=O)(=O)c3ccc(Cl)c(Cl)c3)CC2)CC1. The molecule has 1 aromatic rings. The minimum atomic E-state index is -3.67. The second kappa shape index (κ2) is 9.52. The van der Waals surface area contributed by atoms with Crippen molar-refractivity contribution in [2.24, 2.45) is 5.92 Å². The number of amides is 1. The zero-order valence-electron chi connectivity index (χ0n) is 16.9. The lowest BCUT2D eigenvalue weighted by Gasteiger charge is -2.39. The van der Waals surface area contributed by atoms with Gasteiger partial charge in [0.1, 0.15) is 0 Å². The van der Waals surface area contributed by atoms with Crippen molar-refractivity contribution in [2.45, 2.75) is 56.5 Å². The summed E-state index contributed by atoms with van der Waals surface area (Å²) in [6, 6.07) is 4.62. The highest BCUT2D eigenvalue weighted by Gasteiger charge is 2.33. The molecular weight excluding hydrogens is 433 g/mol. The smallest absolute Gasteiger partial charge is 0.240 e. The van der Waals surface area contributed by atoms with Gasteiger partial charge in [-0.3, -0.25) is 9.69 Å². The Kier molecular flexibility index (Phi) is 7.49. The third kappa shape index (κ3) is 5.64. The number of carbonyl (C=O) groups is 1. The number of hydrogen-bond donors (Lipinski definition) is 1. The van der Waals surface area contributed by atoms with Gasteiger partial charge in [0.15, 0.2) is 0 Å². The number of hydrogen-bond acceptors (Lipinski definition) is 4. The molecule has 1 saturated heterocycles. The van der Waals surface area contributed by atoms with Gasteiger partial charge in [0.2, 0.25) is 15.9 Å². The van der Waals surface area contributed by atoms with E-state index in [4.69, 9.17) is 23.2 Å². The Balaban J connectivity index is 1.51. The lowest BCUT2D eigenvalue weighted by atomic mass is 9.85. The molecule has 0 bridgehead atoms. The Morgan fingerprint density at radius 2 is 1.66 bits per heavy atom. The van der Waals surface area contributed by atoms with Crippen molar-refractivity contribution >= 4 is 39.1 Å². The normalized spacial score (nSPS) is 24.1. The molecule has 0 atom stereocenters. The summed E-state index contributed by atoms with van der Waals surface area (Å²) in [5.74, 6) is 0.213. The van der Waals surface area contributed by atoms with E-state index in [9.17, 15) is 13.2 Å². The van der Waals surface area contributed by atoms with Gasteiger partial charge in [0, 0.05) is 44.2 Å². The molecule has 29 heavy (non-hydrogen) atoms. The summed E-state index contributed by atoms with van der Waals surface area (Å²) in [7, 11) is -3.67. The number of nitrogens with one attached hydrogen (secondary N) is 1. The molecule has 1 heterocycles. The first-order valence-corrected chi connectivity index (χ1v) is 12.4. The molecule has 1 aromatic carbocycles. The fourth-order valence-corrected chi connectivity index (χ4v) is 5.80. The van der Waals surface area contributed by atoms with Crippen LogP contribution in [0.5, 0.6) is 0 Å². The van der Waals surface area contributed by atoms with E-state index < -0.39 is 10.0 Å². The third-order valence-electron chi connectivity index (χ3n) is 5.96. The van der Waals surface area contributed by atoms with Crippen LogP contribution >= 0.6 is 23.2 Å². The number of rotatable bonds is 5. The molecule has 0 radical (unpaired) electrons. The van der Waals surface area contributed by atoms with E-state index in [1.165, 1.54) is 18.2 Å². The summed E-state index contributed by atoms with van der Waals surface area (Å²) in [6.45, 7) is 7.75. The summed E-state index contributed by atoms with van der Waals surface area (Å²) in [5, 5.41) is 0.528. The van der Waals surface area contributed by atoms with Crippen LogP contribution in [-0.2, 0) is 14.8 Å². The van der Waals surface area contributed by atoms with Gasteiger partial charge in [0.25, 0.3) is 0 Å². The minimum absolute atomic E-state index is 0.00803. The van der Waals surface area contributed by atoms with E-state index in [0.717, 1.165) is 26.2 Å². The van der Waals surface area contributed by atoms with Crippen molar-refractivity contribution in [3.8, 4) is 0 Å². The van der Waals surface area contributed by atoms with Crippen molar-refractivity contribution in [2.75, 3.05) is 26.2 Å².